The SMILES string of the molecule is N[C@H](/C=C\[C@H](Cc1ccccc1)C(=O)O)c1ccccc1. The molecule has 0 spiro atoms. The summed E-state index contributed by atoms with van der Waals surface area (Å²) in [4.78, 5) is 11.4. The molecule has 3 heteroatoms. The number of nitrogens with two attached hydrogens (primary N) is 1. The van der Waals surface area contributed by atoms with E-state index in [0.717, 1.165) is 11.1 Å². The van der Waals surface area contributed by atoms with Crippen molar-refractivity contribution in [3.05, 3.63) is 83.9 Å². The molecule has 0 radical (unpaired) electrons. The van der Waals surface area contributed by atoms with Crippen LogP contribution < -0.4 is 5.73 Å². The molecule has 0 aliphatic heterocycles. The van der Waals surface area contributed by atoms with Crippen LogP contribution in [0.5, 0.6) is 0 Å². The summed E-state index contributed by atoms with van der Waals surface area (Å²) in [5.41, 5.74) is 8.03. The van der Waals surface area contributed by atoms with Crippen molar-refractivity contribution in [1.82, 2.24) is 0 Å². The molecule has 108 valence electrons. The zero-order chi connectivity index (χ0) is 15.1. The van der Waals surface area contributed by atoms with Crippen molar-refractivity contribution in [2.45, 2.75) is 12.5 Å². The van der Waals surface area contributed by atoms with Gasteiger partial charge in [0.1, 0.15) is 0 Å². The molecular formula is C18H19NO2. The normalized spacial score (nSPS) is 14.0. The van der Waals surface area contributed by atoms with Crippen molar-refractivity contribution in [2.75, 3.05) is 0 Å². The first-order valence-electron chi connectivity index (χ1n) is 6.92. The number of rotatable bonds is 6. The predicted octanol–water partition coefficient (Wildman–Crippen LogP) is 3.19. The number of carbonyl (C=O) groups is 1. The van der Waals surface area contributed by atoms with Crippen LogP contribution in [0.15, 0.2) is 72.8 Å². The second-order valence-corrected chi connectivity index (χ2v) is 4.96. The molecule has 21 heavy (non-hydrogen) atoms. The largest absolute Gasteiger partial charge is 0.481 e. The van der Waals surface area contributed by atoms with Crippen molar-refractivity contribution in [2.24, 2.45) is 11.7 Å². The van der Waals surface area contributed by atoms with Crippen LogP contribution >= 0.6 is 0 Å². The third-order valence-corrected chi connectivity index (χ3v) is 3.35. The third kappa shape index (κ3) is 4.58. The number of hydrogen-bond acceptors (Lipinski definition) is 2. The fourth-order valence-electron chi connectivity index (χ4n) is 2.15. The Bertz CT molecular complexity index is 593. The van der Waals surface area contributed by atoms with Gasteiger partial charge in [0.05, 0.1) is 5.92 Å². The first-order valence-corrected chi connectivity index (χ1v) is 6.92. The molecule has 0 unspecified atom stereocenters. The van der Waals surface area contributed by atoms with Crippen molar-refractivity contribution in [3.8, 4) is 0 Å². The van der Waals surface area contributed by atoms with Crippen molar-refractivity contribution in [1.29, 1.82) is 0 Å². The van der Waals surface area contributed by atoms with E-state index in [1.165, 1.54) is 0 Å². The second-order valence-electron chi connectivity index (χ2n) is 4.96. The number of benzene rings is 2. The van der Waals surface area contributed by atoms with E-state index in [1.807, 2.05) is 60.7 Å². The molecule has 0 aromatic heterocycles. The summed E-state index contributed by atoms with van der Waals surface area (Å²) in [6, 6.07) is 18.9. The molecular weight excluding hydrogens is 262 g/mol. The first-order chi connectivity index (χ1) is 10.2. The Balaban J connectivity index is 2.06. The van der Waals surface area contributed by atoms with Gasteiger partial charge in [-0.05, 0) is 17.5 Å². The maximum atomic E-state index is 11.4. The van der Waals surface area contributed by atoms with E-state index in [0.29, 0.717) is 6.42 Å². The van der Waals surface area contributed by atoms with Crippen LogP contribution in [0.25, 0.3) is 0 Å². The minimum atomic E-state index is -0.838. The smallest absolute Gasteiger partial charge is 0.310 e. The van der Waals surface area contributed by atoms with E-state index in [1.54, 1.807) is 12.2 Å². The molecule has 0 aliphatic rings. The Morgan fingerprint density at radius 1 is 1.00 bits per heavy atom. The van der Waals surface area contributed by atoms with E-state index in [-0.39, 0.29) is 6.04 Å². The van der Waals surface area contributed by atoms with Crippen molar-refractivity contribution >= 4 is 5.97 Å². The van der Waals surface area contributed by atoms with Crippen LogP contribution in [-0.4, -0.2) is 11.1 Å². The number of aliphatic carboxylic acids is 1. The molecule has 2 aromatic rings. The Labute approximate surface area is 124 Å². The van der Waals surface area contributed by atoms with Gasteiger partial charge in [-0.3, -0.25) is 4.79 Å². The van der Waals surface area contributed by atoms with E-state index in [2.05, 4.69) is 0 Å². The van der Waals surface area contributed by atoms with Crippen molar-refractivity contribution in [3.63, 3.8) is 0 Å². The molecule has 0 amide bonds. The molecule has 0 fully saturated rings. The van der Waals surface area contributed by atoms with Gasteiger partial charge in [-0.25, -0.2) is 0 Å². The maximum absolute atomic E-state index is 11.4. The number of hydrogen-bond donors (Lipinski definition) is 2. The van der Waals surface area contributed by atoms with E-state index >= 15 is 0 Å². The van der Waals surface area contributed by atoms with Crippen LogP contribution in [0.4, 0.5) is 0 Å². The minimum Gasteiger partial charge on any atom is -0.481 e. The lowest BCUT2D eigenvalue weighted by Gasteiger charge is -2.10. The third-order valence-electron chi connectivity index (χ3n) is 3.35. The van der Waals surface area contributed by atoms with Gasteiger partial charge in [-0.1, -0.05) is 72.8 Å². The summed E-state index contributed by atoms with van der Waals surface area (Å²) in [6.07, 6.45) is 3.91. The van der Waals surface area contributed by atoms with Crippen LogP contribution in [0.2, 0.25) is 0 Å². The van der Waals surface area contributed by atoms with Gasteiger partial charge in [0.15, 0.2) is 0 Å². The average Bonchev–Trinajstić information content (AvgIpc) is 2.52. The lowest BCUT2D eigenvalue weighted by atomic mass is 9.97. The van der Waals surface area contributed by atoms with Gasteiger partial charge in [0.25, 0.3) is 0 Å². The van der Waals surface area contributed by atoms with Crippen molar-refractivity contribution < 1.29 is 9.90 Å². The summed E-state index contributed by atoms with van der Waals surface area (Å²) < 4.78 is 0. The molecule has 0 aliphatic carbocycles. The Morgan fingerprint density at radius 3 is 2.14 bits per heavy atom. The molecule has 2 rings (SSSR count). The first kappa shape index (κ1) is 15.0. The highest BCUT2D eigenvalue weighted by molar-refractivity contribution is 5.72. The topological polar surface area (TPSA) is 63.3 Å². The standard InChI is InChI=1S/C18H19NO2/c19-17(15-9-5-2-6-10-15)12-11-16(18(20)21)13-14-7-3-1-4-8-14/h1-12,16-17H,13,19H2,(H,20,21)/b12-11-/t16-,17-/m1/s1. The summed E-state index contributed by atoms with van der Waals surface area (Å²) in [5.74, 6) is -1.41. The highest BCUT2D eigenvalue weighted by atomic mass is 16.4. The fraction of sp³-hybridized carbons (Fsp3) is 0.167. The fourth-order valence-corrected chi connectivity index (χ4v) is 2.15. The van der Waals surface area contributed by atoms with E-state index in [4.69, 9.17) is 5.73 Å². The molecule has 2 atom stereocenters. The minimum absolute atomic E-state index is 0.288. The highest BCUT2D eigenvalue weighted by Gasteiger charge is 2.15. The zero-order valence-electron chi connectivity index (χ0n) is 11.7. The lowest BCUT2D eigenvalue weighted by molar-refractivity contribution is -0.140. The monoisotopic (exact) mass is 281 g/mol. The maximum Gasteiger partial charge on any atom is 0.310 e. The Hall–Kier alpha value is -2.39. The van der Waals surface area contributed by atoms with Gasteiger partial charge in [-0.15, -0.1) is 0 Å². The van der Waals surface area contributed by atoms with Crippen LogP contribution in [-0.2, 0) is 11.2 Å². The zero-order valence-corrected chi connectivity index (χ0v) is 11.7. The lowest BCUT2D eigenvalue weighted by Crippen LogP contribution is -2.15. The summed E-state index contributed by atoms with van der Waals surface area (Å²) in [7, 11) is 0. The van der Waals surface area contributed by atoms with E-state index < -0.39 is 11.9 Å². The molecule has 0 heterocycles. The molecule has 0 saturated carbocycles. The average molecular weight is 281 g/mol. The molecule has 0 bridgehead atoms. The van der Waals surface area contributed by atoms with Crippen LogP contribution in [0.1, 0.15) is 17.2 Å². The number of carboxylic acid groups (broad SMARTS) is 1. The predicted molar refractivity (Wildman–Crippen MR) is 83.8 cm³/mol. The van der Waals surface area contributed by atoms with Gasteiger partial charge in [-0.2, -0.15) is 0 Å². The highest BCUT2D eigenvalue weighted by Crippen LogP contribution is 2.15. The van der Waals surface area contributed by atoms with Crippen LogP contribution in [0.3, 0.4) is 0 Å². The van der Waals surface area contributed by atoms with Gasteiger partial charge in [0.2, 0.25) is 0 Å². The van der Waals surface area contributed by atoms with Gasteiger partial charge >= 0.3 is 5.97 Å². The summed E-state index contributed by atoms with van der Waals surface area (Å²) in [6.45, 7) is 0. The quantitative estimate of drug-likeness (QED) is 0.799. The number of carboxylic acids is 1. The summed E-state index contributed by atoms with van der Waals surface area (Å²) >= 11 is 0. The van der Waals surface area contributed by atoms with E-state index in [9.17, 15) is 9.90 Å². The summed E-state index contributed by atoms with van der Waals surface area (Å²) in [5, 5.41) is 9.33. The molecule has 2 aromatic carbocycles. The van der Waals surface area contributed by atoms with Gasteiger partial charge < -0.3 is 10.8 Å². The Morgan fingerprint density at radius 2 is 1.57 bits per heavy atom. The van der Waals surface area contributed by atoms with Gasteiger partial charge in [0, 0.05) is 6.04 Å². The molecule has 3 nitrogen and oxygen atoms in total. The second kappa shape index (κ2) is 7.41. The molecule has 0 saturated heterocycles. The Kier molecular flexibility index (Phi) is 5.29. The molecule has 3 N–H and O–H groups in total. The van der Waals surface area contributed by atoms with Crippen LogP contribution in [0, 0.1) is 5.92 Å².